The molecule has 0 atom stereocenters. The Bertz CT molecular complexity index is 1220. The molecule has 2 aromatic rings. The molecular formula is C22H23F3N2O4S. The van der Waals surface area contributed by atoms with Crippen LogP contribution < -0.4 is 10.5 Å². The summed E-state index contributed by atoms with van der Waals surface area (Å²) in [5, 5.41) is 9.58. The van der Waals surface area contributed by atoms with E-state index in [2.05, 4.69) is 4.99 Å². The van der Waals surface area contributed by atoms with Gasteiger partial charge < -0.3 is 15.6 Å². The van der Waals surface area contributed by atoms with E-state index in [4.69, 9.17) is 10.5 Å². The maximum Gasteiger partial charge on any atom is 0.417 e. The molecule has 2 aromatic carbocycles. The number of nitrogens with two attached hydrogens (primary N) is 1. The van der Waals surface area contributed by atoms with Gasteiger partial charge in [0.2, 0.25) is 0 Å². The molecule has 1 heterocycles. The lowest BCUT2D eigenvalue weighted by atomic mass is 9.71. The molecule has 1 aliphatic carbocycles. The number of aryl methyl sites for hydroxylation is 1. The quantitative estimate of drug-likeness (QED) is 0.701. The molecule has 0 amide bonds. The summed E-state index contributed by atoms with van der Waals surface area (Å²) in [6, 6.07) is 8.37. The molecule has 0 radical (unpaired) electrons. The highest BCUT2D eigenvalue weighted by Crippen LogP contribution is 2.49. The van der Waals surface area contributed by atoms with Gasteiger partial charge in [-0.1, -0.05) is 18.2 Å². The monoisotopic (exact) mass is 468 g/mol. The first-order valence-electron chi connectivity index (χ1n) is 9.99. The van der Waals surface area contributed by atoms with Crippen LogP contribution in [0.5, 0.6) is 5.75 Å². The smallest absolute Gasteiger partial charge is 0.417 e. The van der Waals surface area contributed by atoms with Crippen LogP contribution in [-0.2, 0) is 16.4 Å². The number of methoxy groups -OCH3 is 1. The number of hydrogen-bond donors (Lipinski definition) is 2. The van der Waals surface area contributed by atoms with E-state index >= 15 is 0 Å². The molecule has 0 unspecified atom stereocenters. The molecule has 1 saturated carbocycles. The van der Waals surface area contributed by atoms with Crippen LogP contribution in [0.1, 0.15) is 29.5 Å². The number of alkyl halides is 3. The Hall–Kier alpha value is -2.59. The SMILES string of the molecule is COc1c(-c2ccc(S(=O)(=O)CC3CC(O)(C(F)(F)F)C3)cc2C)ccc2c1C(N)=NC2. The van der Waals surface area contributed by atoms with Crippen molar-refractivity contribution in [3.8, 4) is 16.9 Å². The van der Waals surface area contributed by atoms with E-state index in [1.54, 1.807) is 13.0 Å². The molecular weight excluding hydrogens is 445 g/mol. The van der Waals surface area contributed by atoms with Gasteiger partial charge in [-0.2, -0.15) is 13.2 Å². The second kappa shape index (κ2) is 7.48. The van der Waals surface area contributed by atoms with Gasteiger partial charge in [-0.25, -0.2) is 8.42 Å². The molecule has 172 valence electrons. The minimum absolute atomic E-state index is 0.0300. The molecule has 10 heteroatoms. The second-order valence-electron chi connectivity index (χ2n) is 8.44. The summed E-state index contributed by atoms with van der Waals surface area (Å²) in [6.07, 6.45) is -5.97. The highest BCUT2D eigenvalue weighted by Gasteiger charge is 2.61. The van der Waals surface area contributed by atoms with Gasteiger partial charge in [-0.15, -0.1) is 0 Å². The molecule has 3 N–H and O–H groups in total. The fourth-order valence-corrected chi connectivity index (χ4v) is 6.17. The van der Waals surface area contributed by atoms with E-state index in [9.17, 15) is 26.7 Å². The second-order valence-corrected chi connectivity index (χ2v) is 10.5. The Morgan fingerprint density at radius 2 is 1.88 bits per heavy atom. The first-order chi connectivity index (χ1) is 14.9. The molecule has 6 nitrogen and oxygen atoms in total. The first kappa shape index (κ1) is 22.6. The first-order valence-corrected chi connectivity index (χ1v) is 11.6. The molecule has 32 heavy (non-hydrogen) atoms. The largest absolute Gasteiger partial charge is 0.495 e. The summed E-state index contributed by atoms with van der Waals surface area (Å²) in [7, 11) is -2.29. The molecule has 1 aliphatic heterocycles. The van der Waals surface area contributed by atoms with Crippen molar-refractivity contribution in [2.75, 3.05) is 12.9 Å². The molecule has 0 bridgehead atoms. The van der Waals surface area contributed by atoms with Gasteiger partial charge in [0.15, 0.2) is 15.4 Å². The molecule has 2 aliphatic rings. The number of aliphatic hydroxyl groups is 1. The number of hydrogen-bond acceptors (Lipinski definition) is 6. The lowest BCUT2D eigenvalue weighted by molar-refractivity contribution is -0.296. The van der Waals surface area contributed by atoms with E-state index in [0.717, 1.165) is 22.3 Å². The fraction of sp³-hybridized carbons (Fsp3) is 0.409. The number of ether oxygens (including phenoxy) is 1. The van der Waals surface area contributed by atoms with Crippen molar-refractivity contribution in [1.82, 2.24) is 0 Å². The standard InChI is InChI=1S/C22H23F3N2O4S/c1-12-7-15(32(29,30)11-13-8-21(28,9-13)22(23,24)25)4-6-16(12)17-5-3-14-10-27-20(26)18(14)19(17)31-2/h3-7,13,28H,8-11H2,1-2H3,(H2,26,27). The van der Waals surface area contributed by atoms with Crippen molar-refractivity contribution < 1.29 is 31.4 Å². The third-order valence-corrected chi connectivity index (χ3v) is 8.09. The van der Waals surface area contributed by atoms with Gasteiger partial charge in [0.05, 0.1) is 29.9 Å². The molecule has 0 aromatic heterocycles. The Labute approximate surface area is 183 Å². The maximum absolute atomic E-state index is 12.8. The van der Waals surface area contributed by atoms with Crippen molar-refractivity contribution in [2.24, 2.45) is 16.6 Å². The predicted molar refractivity (Wildman–Crippen MR) is 113 cm³/mol. The van der Waals surface area contributed by atoms with Gasteiger partial charge in [0, 0.05) is 5.56 Å². The van der Waals surface area contributed by atoms with Crippen LogP contribution in [0.25, 0.3) is 11.1 Å². The Morgan fingerprint density at radius 1 is 1.22 bits per heavy atom. The Kier molecular flexibility index (Phi) is 5.28. The van der Waals surface area contributed by atoms with Crippen LogP contribution in [0.3, 0.4) is 0 Å². The van der Waals surface area contributed by atoms with E-state index in [0.29, 0.717) is 23.7 Å². The number of rotatable bonds is 5. The number of amidine groups is 1. The third kappa shape index (κ3) is 3.65. The summed E-state index contributed by atoms with van der Waals surface area (Å²) in [4.78, 5) is 4.26. The van der Waals surface area contributed by atoms with E-state index in [-0.39, 0.29) is 4.90 Å². The van der Waals surface area contributed by atoms with E-state index in [1.807, 2.05) is 12.1 Å². The zero-order valence-electron chi connectivity index (χ0n) is 17.5. The Morgan fingerprint density at radius 3 is 2.47 bits per heavy atom. The van der Waals surface area contributed by atoms with Gasteiger partial charge in [-0.05, 0) is 54.5 Å². The zero-order chi connectivity index (χ0) is 23.5. The van der Waals surface area contributed by atoms with Crippen molar-refractivity contribution in [3.05, 3.63) is 47.0 Å². The predicted octanol–water partition coefficient (Wildman–Crippen LogP) is 3.37. The van der Waals surface area contributed by atoms with Crippen molar-refractivity contribution in [3.63, 3.8) is 0 Å². The highest BCUT2D eigenvalue weighted by atomic mass is 32.2. The van der Waals surface area contributed by atoms with Gasteiger partial charge in [0.25, 0.3) is 0 Å². The van der Waals surface area contributed by atoms with Crippen molar-refractivity contribution in [2.45, 2.75) is 43.0 Å². The highest BCUT2D eigenvalue weighted by molar-refractivity contribution is 7.91. The van der Waals surface area contributed by atoms with Crippen molar-refractivity contribution >= 4 is 15.7 Å². The van der Waals surface area contributed by atoms with Crippen LogP contribution in [0.15, 0.2) is 40.2 Å². The van der Waals surface area contributed by atoms with Crippen LogP contribution in [-0.4, -0.2) is 44.0 Å². The van der Waals surface area contributed by atoms with Crippen LogP contribution in [0.2, 0.25) is 0 Å². The number of sulfone groups is 1. The summed E-state index contributed by atoms with van der Waals surface area (Å²) in [5.74, 6) is -0.249. The number of halogens is 3. The van der Waals surface area contributed by atoms with Crippen LogP contribution in [0, 0.1) is 12.8 Å². The van der Waals surface area contributed by atoms with Crippen LogP contribution >= 0.6 is 0 Å². The molecule has 0 spiro atoms. The van der Waals surface area contributed by atoms with E-state index in [1.165, 1.54) is 19.2 Å². The number of benzene rings is 2. The van der Waals surface area contributed by atoms with E-state index < -0.39 is 46.1 Å². The number of fused-ring (bicyclic) bond motifs is 1. The lowest BCUT2D eigenvalue weighted by Crippen LogP contribution is -2.56. The third-order valence-electron chi connectivity index (χ3n) is 6.21. The minimum Gasteiger partial charge on any atom is -0.495 e. The lowest BCUT2D eigenvalue weighted by Gasteiger charge is -2.44. The summed E-state index contributed by atoms with van der Waals surface area (Å²) >= 11 is 0. The van der Waals surface area contributed by atoms with Crippen LogP contribution in [0.4, 0.5) is 13.2 Å². The minimum atomic E-state index is -4.76. The summed E-state index contributed by atoms with van der Waals surface area (Å²) in [5.41, 5.74) is 7.03. The number of aliphatic imine (C=N–C) groups is 1. The average Bonchev–Trinajstić information content (AvgIpc) is 3.06. The topological polar surface area (TPSA) is 102 Å². The zero-order valence-corrected chi connectivity index (χ0v) is 18.3. The molecule has 4 rings (SSSR count). The number of nitrogens with zero attached hydrogens (tertiary/aromatic N) is 1. The average molecular weight is 468 g/mol. The molecule has 0 saturated heterocycles. The summed E-state index contributed by atoms with van der Waals surface area (Å²) in [6.45, 7) is 2.23. The van der Waals surface area contributed by atoms with Crippen molar-refractivity contribution in [1.29, 1.82) is 0 Å². The van der Waals surface area contributed by atoms with Gasteiger partial charge in [0.1, 0.15) is 11.6 Å². The Balaban J connectivity index is 1.60. The van der Waals surface area contributed by atoms with Gasteiger partial charge >= 0.3 is 6.18 Å². The fourth-order valence-electron chi connectivity index (χ4n) is 4.49. The summed E-state index contributed by atoms with van der Waals surface area (Å²) < 4.78 is 69.6. The van der Waals surface area contributed by atoms with Gasteiger partial charge in [-0.3, -0.25) is 4.99 Å². The normalized spacial score (nSPS) is 22.8. The maximum atomic E-state index is 12.8. The molecule has 1 fully saturated rings.